The van der Waals surface area contributed by atoms with E-state index in [-0.39, 0.29) is 17.8 Å². The van der Waals surface area contributed by atoms with E-state index in [1.54, 1.807) is 12.4 Å². The minimum Gasteiger partial charge on any atom is -0.373 e. The first-order valence-corrected chi connectivity index (χ1v) is 13.5. The number of hydrogen-bond donors (Lipinski definition) is 0. The topological polar surface area (TPSA) is 94.2 Å². The van der Waals surface area contributed by atoms with Crippen molar-refractivity contribution in [1.82, 2.24) is 34.4 Å². The first-order valence-electron chi connectivity index (χ1n) is 13.5. The van der Waals surface area contributed by atoms with E-state index in [1.165, 1.54) is 16.8 Å². The molecule has 0 bridgehead atoms. The third-order valence-electron chi connectivity index (χ3n) is 7.58. The molecule has 214 valence electrons. The van der Waals surface area contributed by atoms with E-state index in [4.69, 9.17) is 4.74 Å². The predicted molar refractivity (Wildman–Crippen MR) is 145 cm³/mol. The number of halogens is 3. The van der Waals surface area contributed by atoms with Gasteiger partial charge in [0.05, 0.1) is 37.2 Å². The van der Waals surface area contributed by atoms with Gasteiger partial charge in [0, 0.05) is 54.4 Å². The maximum Gasteiger partial charge on any atom is 0.266 e. The van der Waals surface area contributed by atoms with E-state index >= 15 is 0 Å². The highest BCUT2D eigenvalue weighted by Crippen LogP contribution is 2.26. The Morgan fingerprint density at radius 3 is 2.41 bits per heavy atom. The molecule has 10 nitrogen and oxygen atoms in total. The number of aromatic nitrogens is 6. The van der Waals surface area contributed by atoms with Gasteiger partial charge in [-0.05, 0) is 51.2 Å². The van der Waals surface area contributed by atoms with Crippen molar-refractivity contribution >= 4 is 5.95 Å². The third-order valence-corrected chi connectivity index (χ3v) is 7.58. The van der Waals surface area contributed by atoms with Crippen LogP contribution in [0.4, 0.5) is 19.1 Å². The SMILES string of the molecule is CN1CCC(n2cc(-c3cnc(N4CCO[C@H](Cn5nc(-c6cc(F)c(F)c(F)c6)ccc5=O)C4)nc3)cn2)CC1. The molecule has 3 aromatic heterocycles. The Kier molecular flexibility index (Phi) is 7.54. The zero-order valence-electron chi connectivity index (χ0n) is 22.5. The van der Waals surface area contributed by atoms with Gasteiger partial charge in [-0.25, -0.2) is 27.8 Å². The summed E-state index contributed by atoms with van der Waals surface area (Å²) in [6.45, 7) is 3.59. The highest BCUT2D eigenvalue weighted by molar-refractivity contribution is 5.60. The summed E-state index contributed by atoms with van der Waals surface area (Å²) in [5.74, 6) is -3.68. The molecular weight excluding hydrogens is 537 g/mol. The number of ether oxygens (including phenoxy) is 1. The lowest BCUT2D eigenvalue weighted by Gasteiger charge is -2.33. The van der Waals surface area contributed by atoms with Crippen molar-refractivity contribution in [1.29, 1.82) is 0 Å². The van der Waals surface area contributed by atoms with E-state index in [0.717, 1.165) is 49.2 Å². The van der Waals surface area contributed by atoms with Crippen LogP contribution in [0.2, 0.25) is 0 Å². The first kappa shape index (κ1) is 27.1. The Bertz CT molecular complexity index is 1560. The zero-order valence-corrected chi connectivity index (χ0v) is 22.5. The summed E-state index contributed by atoms with van der Waals surface area (Å²) < 4.78 is 49.9. The van der Waals surface area contributed by atoms with E-state index in [0.29, 0.717) is 31.7 Å². The largest absolute Gasteiger partial charge is 0.373 e. The minimum atomic E-state index is -1.56. The molecule has 0 spiro atoms. The fourth-order valence-electron chi connectivity index (χ4n) is 5.22. The molecule has 41 heavy (non-hydrogen) atoms. The summed E-state index contributed by atoms with van der Waals surface area (Å²) in [6.07, 6.45) is 9.17. The Balaban J connectivity index is 1.13. The summed E-state index contributed by atoms with van der Waals surface area (Å²) in [7, 11) is 2.14. The smallest absolute Gasteiger partial charge is 0.266 e. The lowest BCUT2D eigenvalue weighted by atomic mass is 10.1. The highest BCUT2D eigenvalue weighted by Gasteiger charge is 2.24. The number of morpholine rings is 1. The fourth-order valence-corrected chi connectivity index (χ4v) is 5.22. The van der Waals surface area contributed by atoms with Crippen LogP contribution < -0.4 is 10.5 Å². The molecule has 13 heteroatoms. The molecule has 0 saturated carbocycles. The lowest BCUT2D eigenvalue weighted by Crippen LogP contribution is -2.46. The summed E-state index contributed by atoms with van der Waals surface area (Å²) >= 11 is 0. The van der Waals surface area contributed by atoms with Gasteiger partial charge in [-0.1, -0.05) is 0 Å². The Hall–Kier alpha value is -4.10. The highest BCUT2D eigenvalue weighted by atomic mass is 19.2. The van der Waals surface area contributed by atoms with Crippen molar-refractivity contribution in [2.75, 3.05) is 44.7 Å². The number of nitrogens with zero attached hydrogens (tertiary/aromatic N) is 8. The minimum absolute atomic E-state index is 0.0201. The predicted octanol–water partition coefficient (Wildman–Crippen LogP) is 3.15. The van der Waals surface area contributed by atoms with E-state index < -0.39 is 29.1 Å². The molecule has 0 unspecified atom stereocenters. The monoisotopic (exact) mass is 566 g/mol. The van der Waals surface area contributed by atoms with Crippen molar-refractivity contribution in [3.8, 4) is 22.4 Å². The molecule has 0 radical (unpaired) electrons. The molecule has 5 heterocycles. The van der Waals surface area contributed by atoms with Gasteiger partial charge in [0.2, 0.25) is 5.95 Å². The molecule has 1 aromatic carbocycles. The number of benzene rings is 1. The van der Waals surface area contributed by atoms with Gasteiger partial charge in [-0.3, -0.25) is 9.48 Å². The normalized spacial score (nSPS) is 18.6. The maximum absolute atomic E-state index is 13.7. The number of anilines is 1. The number of hydrogen-bond acceptors (Lipinski definition) is 8. The van der Waals surface area contributed by atoms with Gasteiger partial charge in [0.25, 0.3) is 5.56 Å². The standard InChI is InChI=1S/C28H29F3N8O2/c1-36-6-4-21(5-7-36)38-15-20(14-34-38)19-12-32-28(33-13-19)37-8-9-41-22(16-37)17-39-26(40)3-2-25(35-39)18-10-23(29)27(31)24(30)11-18/h2-3,10-15,21-22H,4-9,16-17H2,1H3/t22-/m0/s1. The molecule has 6 rings (SSSR count). The van der Waals surface area contributed by atoms with Gasteiger partial charge < -0.3 is 14.5 Å². The first-order chi connectivity index (χ1) is 19.8. The molecule has 4 aromatic rings. The second-order valence-corrected chi connectivity index (χ2v) is 10.4. The molecule has 0 amide bonds. The molecular formula is C28H29F3N8O2. The van der Waals surface area contributed by atoms with E-state index in [9.17, 15) is 18.0 Å². The third kappa shape index (κ3) is 5.86. The quantitative estimate of drug-likeness (QED) is 0.329. The Labute approximate surface area is 234 Å². The van der Waals surface area contributed by atoms with Crippen molar-refractivity contribution in [3.05, 3.63) is 76.9 Å². The zero-order chi connectivity index (χ0) is 28.5. The summed E-state index contributed by atoms with van der Waals surface area (Å²) in [5.41, 5.74) is 1.58. The van der Waals surface area contributed by atoms with Crippen LogP contribution in [0.5, 0.6) is 0 Å². The summed E-state index contributed by atoms with van der Waals surface area (Å²) in [4.78, 5) is 25.9. The number of likely N-dealkylation sites (tertiary alicyclic amines) is 1. The Morgan fingerprint density at radius 2 is 1.68 bits per heavy atom. The molecule has 0 N–H and O–H groups in total. The van der Waals surface area contributed by atoms with Gasteiger partial charge in [0.15, 0.2) is 17.5 Å². The molecule has 2 aliphatic heterocycles. The number of piperidine rings is 1. The van der Waals surface area contributed by atoms with Crippen LogP contribution in [0.25, 0.3) is 22.4 Å². The van der Waals surface area contributed by atoms with E-state index in [1.807, 2.05) is 22.0 Å². The van der Waals surface area contributed by atoms with Crippen molar-refractivity contribution in [2.24, 2.45) is 0 Å². The van der Waals surface area contributed by atoms with Crippen LogP contribution >= 0.6 is 0 Å². The fraction of sp³-hybridized carbons (Fsp3) is 0.393. The van der Waals surface area contributed by atoms with Gasteiger partial charge in [-0.2, -0.15) is 10.2 Å². The maximum atomic E-state index is 13.7. The van der Waals surface area contributed by atoms with Crippen LogP contribution in [-0.4, -0.2) is 80.4 Å². The van der Waals surface area contributed by atoms with Crippen LogP contribution in [0.1, 0.15) is 18.9 Å². The Morgan fingerprint density at radius 1 is 0.951 bits per heavy atom. The van der Waals surface area contributed by atoms with Crippen LogP contribution in [0.15, 0.2) is 53.8 Å². The van der Waals surface area contributed by atoms with Gasteiger partial charge in [-0.15, -0.1) is 0 Å². The van der Waals surface area contributed by atoms with Gasteiger partial charge in [0.1, 0.15) is 0 Å². The summed E-state index contributed by atoms with van der Waals surface area (Å²) in [5, 5.41) is 8.82. The van der Waals surface area contributed by atoms with Crippen LogP contribution in [-0.2, 0) is 11.3 Å². The molecule has 2 aliphatic rings. The second-order valence-electron chi connectivity index (χ2n) is 10.4. The average molecular weight is 567 g/mol. The van der Waals surface area contributed by atoms with Gasteiger partial charge >= 0.3 is 0 Å². The molecule has 2 saturated heterocycles. The van der Waals surface area contributed by atoms with E-state index in [2.05, 4.69) is 32.1 Å². The summed E-state index contributed by atoms with van der Waals surface area (Å²) in [6, 6.07) is 4.67. The van der Waals surface area contributed by atoms with Crippen molar-refractivity contribution in [3.63, 3.8) is 0 Å². The lowest BCUT2D eigenvalue weighted by molar-refractivity contribution is 0.0260. The second kappa shape index (κ2) is 11.4. The van der Waals surface area contributed by atoms with Crippen molar-refractivity contribution in [2.45, 2.75) is 31.5 Å². The molecule has 1 atom stereocenters. The number of rotatable bonds is 6. The molecule has 0 aliphatic carbocycles. The average Bonchev–Trinajstić information content (AvgIpc) is 3.48. The van der Waals surface area contributed by atoms with Crippen molar-refractivity contribution < 1.29 is 17.9 Å². The molecule has 2 fully saturated rings. The van der Waals surface area contributed by atoms with Crippen LogP contribution in [0, 0.1) is 17.5 Å². The van der Waals surface area contributed by atoms with Crippen LogP contribution in [0.3, 0.4) is 0 Å².